The molecule has 1 N–H and O–H groups in total. The van der Waals surface area contributed by atoms with Gasteiger partial charge in [-0.15, -0.1) is 0 Å². The topological polar surface area (TPSA) is 69.8 Å². The molecule has 54 valence electrons. The zero-order chi connectivity index (χ0) is 8.10. The van der Waals surface area contributed by atoms with Crippen LogP contribution in [0.5, 0.6) is 0 Å². The predicted octanol–water partition coefficient (Wildman–Crippen LogP) is 0.899. The molecule has 0 aliphatic rings. The summed E-state index contributed by atoms with van der Waals surface area (Å²) in [4.78, 5) is 7.48. The molecule has 1 heterocycles. The Morgan fingerprint density at radius 3 is 3.00 bits per heavy atom. The minimum atomic E-state index is -0.166. The average molecular weight is 147 g/mol. The Labute approximate surface area is 63.5 Å². The largest absolute Gasteiger partial charge is 0.505 e. The minimum Gasteiger partial charge on any atom is -0.505 e. The van der Waals surface area contributed by atoms with Gasteiger partial charge in [0.25, 0.3) is 0 Å². The maximum atomic E-state index is 9.06. The van der Waals surface area contributed by atoms with Gasteiger partial charge in [0, 0.05) is 12.4 Å². The predicted molar refractivity (Wildman–Crippen MR) is 38.3 cm³/mol. The molecule has 0 saturated carbocycles. The van der Waals surface area contributed by atoms with Crippen molar-refractivity contribution in [3.8, 4) is 6.07 Å². The summed E-state index contributed by atoms with van der Waals surface area (Å²) < 4.78 is 0. The highest BCUT2D eigenvalue weighted by Crippen LogP contribution is 2.03. The van der Waals surface area contributed by atoms with Gasteiger partial charge < -0.3 is 5.11 Å². The van der Waals surface area contributed by atoms with Crippen LogP contribution in [-0.2, 0) is 0 Å². The van der Waals surface area contributed by atoms with Crippen LogP contribution in [-0.4, -0.2) is 15.1 Å². The fourth-order valence-corrected chi connectivity index (χ4v) is 0.566. The summed E-state index contributed by atoms with van der Waals surface area (Å²) >= 11 is 0. The molecule has 0 spiro atoms. The van der Waals surface area contributed by atoms with E-state index in [1.165, 1.54) is 18.6 Å². The van der Waals surface area contributed by atoms with Gasteiger partial charge in [-0.05, 0) is 0 Å². The molecule has 0 saturated heterocycles. The molecule has 1 aromatic heterocycles. The molecule has 1 rings (SSSR count). The third-order valence-electron chi connectivity index (χ3n) is 1.03. The summed E-state index contributed by atoms with van der Waals surface area (Å²) in [6.07, 6.45) is 5.31. The standard InChI is InChI=1S/C7H5N3O/c8-2-1-7(11)6-5-9-3-4-10-6/h1,3-5,11H/b7-1+. The van der Waals surface area contributed by atoms with E-state index >= 15 is 0 Å². The van der Waals surface area contributed by atoms with E-state index in [0.717, 1.165) is 6.08 Å². The van der Waals surface area contributed by atoms with Gasteiger partial charge in [0.1, 0.15) is 5.69 Å². The molecular weight excluding hydrogens is 142 g/mol. The van der Waals surface area contributed by atoms with E-state index in [2.05, 4.69) is 9.97 Å². The third kappa shape index (κ3) is 1.76. The second-order valence-electron chi connectivity index (χ2n) is 1.75. The van der Waals surface area contributed by atoms with Crippen molar-refractivity contribution in [3.05, 3.63) is 30.4 Å². The SMILES string of the molecule is N#C/C=C(/O)c1cnccn1. The van der Waals surface area contributed by atoms with Gasteiger partial charge in [-0.1, -0.05) is 0 Å². The van der Waals surface area contributed by atoms with Crippen LogP contribution in [0, 0.1) is 11.3 Å². The van der Waals surface area contributed by atoms with Crippen molar-refractivity contribution in [2.45, 2.75) is 0 Å². The van der Waals surface area contributed by atoms with Crippen molar-refractivity contribution in [1.82, 2.24) is 9.97 Å². The van der Waals surface area contributed by atoms with E-state index in [1.54, 1.807) is 6.07 Å². The molecule has 0 aliphatic carbocycles. The maximum Gasteiger partial charge on any atom is 0.153 e. The number of aliphatic hydroxyl groups excluding tert-OH is 1. The number of aliphatic hydroxyl groups is 1. The smallest absolute Gasteiger partial charge is 0.153 e. The van der Waals surface area contributed by atoms with Gasteiger partial charge in [0.15, 0.2) is 5.76 Å². The van der Waals surface area contributed by atoms with Crippen LogP contribution in [0.2, 0.25) is 0 Å². The summed E-state index contributed by atoms with van der Waals surface area (Å²) in [7, 11) is 0. The first-order valence-electron chi connectivity index (χ1n) is 2.89. The summed E-state index contributed by atoms with van der Waals surface area (Å²) in [5.41, 5.74) is 0.300. The highest BCUT2D eigenvalue weighted by Gasteiger charge is 1.96. The number of rotatable bonds is 1. The van der Waals surface area contributed by atoms with Gasteiger partial charge in [0.2, 0.25) is 0 Å². The molecule has 4 nitrogen and oxygen atoms in total. The molecule has 0 bridgehead atoms. The lowest BCUT2D eigenvalue weighted by Crippen LogP contribution is -1.87. The second kappa shape index (κ2) is 3.32. The third-order valence-corrected chi connectivity index (χ3v) is 1.03. The molecule has 0 atom stereocenters. The lowest BCUT2D eigenvalue weighted by atomic mass is 10.3. The Kier molecular flexibility index (Phi) is 2.18. The van der Waals surface area contributed by atoms with Crippen molar-refractivity contribution in [3.63, 3.8) is 0 Å². The Hall–Kier alpha value is -1.89. The lowest BCUT2D eigenvalue weighted by molar-refractivity contribution is 0.508. The number of hydrogen-bond acceptors (Lipinski definition) is 4. The summed E-state index contributed by atoms with van der Waals surface area (Å²) in [5, 5.41) is 17.2. The van der Waals surface area contributed by atoms with Gasteiger partial charge in [-0.25, -0.2) is 4.98 Å². The van der Waals surface area contributed by atoms with Gasteiger partial charge in [-0.3, -0.25) is 4.98 Å². The fourth-order valence-electron chi connectivity index (χ4n) is 0.566. The van der Waals surface area contributed by atoms with Crippen molar-refractivity contribution >= 4 is 5.76 Å². The van der Waals surface area contributed by atoms with Crippen LogP contribution >= 0.6 is 0 Å². The first-order chi connectivity index (χ1) is 5.34. The van der Waals surface area contributed by atoms with Gasteiger partial charge in [-0.2, -0.15) is 5.26 Å². The normalized spacial score (nSPS) is 10.6. The highest BCUT2D eigenvalue weighted by molar-refractivity contribution is 5.55. The zero-order valence-corrected chi connectivity index (χ0v) is 5.60. The number of nitrogens with zero attached hydrogens (tertiary/aromatic N) is 3. The number of nitriles is 1. The molecule has 0 unspecified atom stereocenters. The van der Waals surface area contributed by atoms with Crippen LogP contribution in [0.15, 0.2) is 24.7 Å². The van der Waals surface area contributed by atoms with E-state index in [-0.39, 0.29) is 5.76 Å². The van der Waals surface area contributed by atoms with Gasteiger partial charge in [0.05, 0.1) is 18.3 Å². The number of allylic oxidation sites excluding steroid dienone is 1. The molecular formula is C7H5N3O. The maximum absolute atomic E-state index is 9.06. The summed E-state index contributed by atoms with van der Waals surface area (Å²) in [6.45, 7) is 0. The fraction of sp³-hybridized carbons (Fsp3) is 0. The van der Waals surface area contributed by atoms with Crippen LogP contribution in [0.25, 0.3) is 5.76 Å². The molecule has 0 aromatic carbocycles. The van der Waals surface area contributed by atoms with Crippen molar-refractivity contribution in [2.75, 3.05) is 0 Å². The van der Waals surface area contributed by atoms with E-state index in [0.29, 0.717) is 5.69 Å². The monoisotopic (exact) mass is 147 g/mol. The van der Waals surface area contributed by atoms with Gasteiger partial charge >= 0.3 is 0 Å². The minimum absolute atomic E-state index is 0.166. The second-order valence-corrected chi connectivity index (χ2v) is 1.75. The number of hydrogen-bond donors (Lipinski definition) is 1. The molecule has 1 aromatic rings. The molecule has 11 heavy (non-hydrogen) atoms. The van der Waals surface area contributed by atoms with E-state index < -0.39 is 0 Å². The summed E-state index contributed by atoms with van der Waals surface area (Å²) in [6, 6.07) is 1.69. The van der Waals surface area contributed by atoms with Crippen molar-refractivity contribution in [2.24, 2.45) is 0 Å². The quantitative estimate of drug-likeness (QED) is 0.473. The first kappa shape index (κ1) is 7.22. The Morgan fingerprint density at radius 1 is 1.64 bits per heavy atom. The molecule has 0 radical (unpaired) electrons. The molecule has 4 heteroatoms. The average Bonchev–Trinajstić information content (AvgIpc) is 2.07. The highest BCUT2D eigenvalue weighted by atomic mass is 16.3. The van der Waals surface area contributed by atoms with Crippen molar-refractivity contribution in [1.29, 1.82) is 5.26 Å². The molecule has 0 fully saturated rings. The van der Waals surface area contributed by atoms with Crippen molar-refractivity contribution < 1.29 is 5.11 Å². The summed E-state index contributed by atoms with van der Waals surface area (Å²) in [5.74, 6) is -0.166. The van der Waals surface area contributed by atoms with E-state index in [4.69, 9.17) is 10.4 Å². The zero-order valence-electron chi connectivity index (χ0n) is 5.60. The molecule has 0 aliphatic heterocycles. The van der Waals surface area contributed by atoms with E-state index in [9.17, 15) is 0 Å². The van der Waals surface area contributed by atoms with Crippen LogP contribution in [0.3, 0.4) is 0 Å². The Balaban J connectivity index is 2.96. The first-order valence-corrected chi connectivity index (χ1v) is 2.89. The lowest BCUT2D eigenvalue weighted by Gasteiger charge is -1.93. The Bertz CT molecular complexity index is 299. The van der Waals surface area contributed by atoms with Crippen LogP contribution < -0.4 is 0 Å². The Morgan fingerprint density at radius 2 is 2.45 bits per heavy atom. The van der Waals surface area contributed by atoms with Crippen LogP contribution in [0.1, 0.15) is 5.69 Å². The number of aromatic nitrogens is 2. The van der Waals surface area contributed by atoms with E-state index in [1.807, 2.05) is 0 Å². The van der Waals surface area contributed by atoms with Crippen LogP contribution in [0.4, 0.5) is 0 Å². The molecule has 0 amide bonds.